The van der Waals surface area contributed by atoms with Crippen molar-refractivity contribution in [3.8, 4) is 0 Å². The smallest absolute Gasteiger partial charge is 0.191 e. The molecule has 0 radical (unpaired) electrons. The van der Waals surface area contributed by atoms with E-state index in [4.69, 9.17) is 9.73 Å². The number of hydrogen-bond donors (Lipinski definition) is 2. The standard InChI is InChI=1S/C25H43N5O/c1-4-26-24(28-21-25(13-18-31-3)11-5-6-12-25)27-19-22-7-9-23(10-8-22)20-30-16-14-29(2)15-17-30/h7-10H,4-6,11-21H2,1-3H3,(H2,26,27,28). The summed E-state index contributed by atoms with van der Waals surface area (Å²) >= 11 is 0. The molecule has 0 amide bonds. The third-order valence-corrected chi connectivity index (χ3v) is 6.92. The highest BCUT2D eigenvalue weighted by molar-refractivity contribution is 5.79. The van der Waals surface area contributed by atoms with Gasteiger partial charge in [0.2, 0.25) is 0 Å². The number of benzene rings is 1. The number of likely N-dealkylation sites (N-methyl/N-ethyl adjacent to an activating group) is 1. The highest BCUT2D eigenvalue weighted by Crippen LogP contribution is 2.40. The maximum Gasteiger partial charge on any atom is 0.191 e. The van der Waals surface area contributed by atoms with Crippen molar-refractivity contribution >= 4 is 5.96 Å². The van der Waals surface area contributed by atoms with Crippen molar-refractivity contribution in [2.24, 2.45) is 10.4 Å². The van der Waals surface area contributed by atoms with E-state index in [1.807, 2.05) is 0 Å². The van der Waals surface area contributed by atoms with Crippen LogP contribution in [-0.4, -0.2) is 75.8 Å². The van der Waals surface area contributed by atoms with Crippen LogP contribution in [0, 0.1) is 5.41 Å². The highest BCUT2D eigenvalue weighted by Gasteiger charge is 2.33. The fraction of sp³-hybridized carbons (Fsp3) is 0.720. The van der Waals surface area contributed by atoms with Gasteiger partial charge in [0, 0.05) is 59.5 Å². The van der Waals surface area contributed by atoms with Crippen LogP contribution in [0.1, 0.15) is 50.2 Å². The minimum atomic E-state index is 0.358. The van der Waals surface area contributed by atoms with Crippen LogP contribution in [0.2, 0.25) is 0 Å². The van der Waals surface area contributed by atoms with E-state index >= 15 is 0 Å². The van der Waals surface area contributed by atoms with Crippen LogP contribution < -0.4 is 10.6 Å². The van der Waals surface area contributed by atoms with E-state index < -0.39 is 0 Å². The molecule has 1 saturated heterocycles. The van der Waals surface area contributed by atoms with Gasteiger partial charge in [-0.3, -0.25) is 4.90 Å². The molecular formula is C25H43N5O. The van der Waals surface area contributed by atoms with Crippen LogP contribution in [-0.2, 0) is 17.8 Å². The van der Waals surface area contributed by atoms with Gasteiger partial charge in [0.1, 0.15) is 0 Å². The van der Waals surface area contributed by atoms with Gasteiger partial charge in [-0.15, -0.1) is 0 Å². The number of ether oxygens (including phenoxy) is 1. The Morgan fingerprint density at radius 3 is 2.35 bits per heavy atom. The van der Waals surface area contributed by atoms with Crippen molar-refractivity contribution in [2.75, 3.05) is 60.0 Å². The molecule has 31 heavy (non-hydrogen) atoms. The molecule has 0 spiro atoms. The summed E-state index contributed by atoms with van der Waals surface area (Å²) in [6, 6.07) is 8.99. The number of methoxy groups -OCH3 is 1. The van der Waals surface area contributed by atoms with Crippen molar-refractivity contribution in [3.63, 3.8) is 0 Å². The maximum absolute atomic E-state index is 5.37. The maximum atomic E-state index is 5.37. The first-order valence-electron chi connectivity index (χ1n) is 12.1. The zero-order chi connectivity index (χ0) is 21.9. The largest absolute Gasteiger partial charge is 0.385 e. The van der Waals surface area contributed by atoms with Crippen molar-refractivity contribution < 1.29 is 4.74 Å². The number of nitrogens with zero attached hydrogens (tertiary/aromatic N) is 3. The zero-order valence-electron chi connectivity index (χ0n) is 20.0. The quantitative estimate of drug-likeness (QED) is 0.442. The summed E-state index contributed by atoms with van der Waals surface area (Å²) in [7, 11) is 4.01. The van der Waals surface area contributed by atoms with E-state index in [9.17, 15) is 0 Å². The lowest BCUT2D eigenvalue weighted by atomic mass is 9.83. The average Bonchev–Trinajstić information content (AvgIpc) is 3.26. The Morgan fingerprint density at radius 1 is 1.03 bits per heavy atom. The Labute approximate surface area is 189 Å². The molecular weight excluding hydrogens is 386 g/mol. The van der Waals surface area contributed by atoms with Gasteiger partial charge >= 0.3 is 0 Å². The van der Waals surface area contributed by atoms with Gasteiger partial charge in [0.05, 0.1) is 6.54 Å². The fourth-order valence-electron chi connectivity index (χ4n) is 4.76. The minimum Gasteiger partial charge on any atom is -0.385 e. The Hall–Kier alpha value is -1.63. The van der Waals surface area contributed by atoms with Gasteiger partial charge in [-0.2, -0.15) is 0 Å². The summed E-state index contributed by atoms with van der Waals surface area (Å²) in [5.41, 5.74) is 3.01. The van der Waals surface area contributed by atoms with Crippen LogP contribution in [0.5, 0.6) is 0 Å². The summed E-state index contributed by atoms with van der Waals surface area (Å²) in [4.78, 5) is 9.80. The molecule has 1 heterocycles. The molecule has 0 unspecified atom stereocenters. The molecule has 174 valence electrons. The molecule has 1 saturated carbocycles. The first-order valence-corrected chi connectivity index (χ1v) is 12.1. The van der Waals surface area contributed by atoms with Crippen molar-refractivity contribution in [1.29, 1.82) is 0 Å². The number of aliphatic imine (C=N–C) groups is 1. The molecule has 1 aliphatic heterocycles. The molecule has 0 atom stereocenters. The van der Waals surface area contributed by atoms with Crippen LogP contribution in [0.25, 0.3) is 0 Å². The Kier molecular flexibility index (Phi) is 9.62. The van der Waals surface area contributed by atoms with Gasteiger partial charge in [-0.25, -0.2) is 4.99 Å². The third kappa shape index (κ3) is 7.78. The minimum absolute atomic E-state index is 0.358. The number of hydrogen-bond acceptors (Lipinski definition) is 4. The lowest BCUT2D eigenvalue weighted by molar-refractivity contribution is 0.138. The molecule has 2 aliphatic rings. The van der Waals surface area contributed by atoms with Gasteiger partial charge in [0.15, 0.2) is 5.96 Å². The first kappa shape index (κ1) is 24.0. The third-order valence-electron chi connectivity index (χ3n) is 6.92. The summed E-state index contributed by atoms with van der Waals surface area (Å²) in [5.74, 6) is 0.924. The topological polar surface area (TPSA) is 52.1 Å². The molecule has 3 rings (SSSR count). The predicted octanol–water partition coefficient (Wildman–Crippen LogP) is 3.09. The second kappa shape index (κ2) is 12.4. The Balaban J connectivity index is 1.51. The van der Waals surface area contributed by atoms with E-state index in [0.717, 1.165) is 51.7 Å². The molecule has 0 bridgehead atoms. The number of rotatable bonds is 10. The van der Waals surface area contributed by atoms with E-state index in [0.29, 0.717) is 12.0 Å². The predicted molar refractivity (Wildman–Crippen MR) is 129 cm³/mol. The first-order chi connectivity index (χ1) is 15.1. The summed E-state index contributed by atoms with van der Waals surface area (Å²) in [5, 5.41) is 7.04. The number of nitrogens with one attached hydrogen (secondary N) is 2. The van der Waals surface area contributed by atoms with Crippen molar-refractivity contribution in [2.45, 2.75) is 52.1 Å². The van der Waals surface area contributed by atoms with Crippen molar-refractivity contribution in [3.05, 3.63) is 35.4 Å². The summed E-state index contributed by atoms with van der Waals surface area (Å²) < 4.78 is 5.37. The van der Waals surface area contributed by atoms with E-state index in [1.165, 1.54) is 49.9 Å². The van der Waals surface area contributed by atoms with E-state index in [-0.39, 0.29) is 0 Å². The fourth-order valence-corrected chi connectivity index (χ4v) is 4.76. The summed E-state index contributed by atoms with van der Waals surface area (Å²) in [6.45, 7) is 11.2. The van der Waals surface area contributed by atoms with Gasteiger partial charge in [-0.1, -0.05) is 37.1 Å². The second-order valence-electron chi connectivity index (χ2n) is 9.39. The molecule has 1 aromatic rings. The van der Waals surface area contributed by atoms with E-state index in [1.54, 1.807) is 7.11 Å². The summed E-state index contributed by atoms with van der Waals surface area (Å²) in [6.07, 6.45) is 6.37. The molecule has 6 nitrogen and oxygen atoms in total. The monoisotopic (exact) mass is 429 g/mol. The van der Waals surface area contributed by atoms with Gasteiger partial charge < -0.3 is 20.3 Å². The second-order valence-corrected chi connectivity index (χ2v) is 9.39. The highest BCUT2D eigenvalue weighted by atomic mass is 16.5. The van der Waals surface area contributed by atoms with Crippen LogP contribution in [0.15, 0.2) is 29.3 Å². The van der Waals surface area contributed by atoms with Crippen LogP contribution >= 0.6 is 0 Å². The SMILES string of the molecule is CCNC(=NCc1ccc(CN2CCN(C)CC2)cc1)NCC1(CCOC)CCCC1. The van der Waals surface area contributed by atoms with Crippen LogP contribution in [0.4, 0.5) is 0 Å². The number of guanidine groups is 1. The number of piperazine rings is 1. The Bertz CT molecular complexity index is 661. The molecule has 0 aromatic heterocycles. The van der Waals surface area contributed by atoms with Crippen LogP contribution in [0.3, 0.4) is 0 Å². The molecule has 1 aliphatic carbocycles. The normalized spacial score (nSPS) is 20.2. The molecule has 1 aromatic carbocycles. The zero-order valence-corrected chi connectivity index (χ0v) is 20.0. The Morgan fingerprint density at radius 2 is 1.71 bits per heavy atom. The lowest BCUT2D eigenvalue weighted by Crippen LogP contribution is -2.43. The molecule has 6 heteroatoms. The van der Waals surface area contributed by atoms with E-state index in [2.05, 4.69) is 58.7 Å². The van der Waals surface area contributed by atoms with Gasteiger partial charge in [0.25, 0.3) is 0 Å². The van der Waals surface area contributed by atoms with Crippen molar-refractivity contribution in [1.82, 2.24) is 20.4 Å². The lowest BCUT2D eigenvalue weighted by Gasteiger charge is -2.32. The molecule has 2 N–H and O–H groups in total. The molecule has 2 fully saturated rings. The average molecular weight is 430 g/mol. The van der Waals surface area contributed by atoms with Gasteiger partial charge in [-0.05, 0) is 49.8 Å².